The van der Waals surface area contributed by atoms with E-state index in [-0.39, 0.29) is 31.2 Å². The fourth-order valence-electron chi connectivity index (χ4n) is 2.81. The van der Waals surface area contributed by atoms with Gasteiger partial charge < -0.3 is 14.2 Å². The third-order valence-electron chi connectivity index (χ3n) is 3.99. The minimum Gasteiger partial charge on any atom is -0.490 e. The standard InChI is InChI=1S/C22H29BrN2O5S/c1-7-28-17-10-15(9-16(23)20(17)30-12-19(26)29-8-2)11-18-21(27)25(14(5)6)22(31-18)24-13(3)4/h9-11,13-14H,7-8,12H2,1-6H3/b18-11+,24-22?. The molecule has 0 aromatic heterocycles. The molecule has 0 unspecified atom stereocenters. The molecule has 0 bridgehead atoms. The van der Waals surface area contributed by atoms with E-state index < -0.39 is 5.97 Å². The monoisotopic (exact) mass is 512 g/mol. The van der Waals surface area contributed by atoms with Gasteiger partial charge in [-0.15, -0.1) is 0 Å². The highest BCUT2D eigenvalue weighted by Crippen LogP contribution is 2.39. The predicted molar refractivity (Wildman–Crippen MR) is 128 cm³/mol. The van der Waals surface area contributed by atoms with Crippen molar-refractivity contribution in [2.75, 3.05) is 19.8 Å². The van der Waals surface area contributed by atoms with Crippen LogP contribution in [0.25, 0.3) is 6.08 Å². The van der Waals surface area contributed by atoms with Gasteiger partial charge in [0.25, 0.3) is 5.91 Å². The number of thioether (sulfide) groups is 1. The number of carbonyl (C=O) groups excluding carboxylic acids is 2. The maximum absolute atomic E-state index is 13.0. The molecule has 2 rings (SSSR count). The summed E-state index contributed by atoms with van der Waals surface area (Å²) >= 11 is 4.86. The molecule has 1 aromatic rings. The normalized spacial score (nSPS) is 16.7. The Hall–Kier alpha value is -2.00. The zero-order valence-electron chi connectivity index (χ0n) is 18.7. The van der Waals surface area contributed by atoms with Gasteiger partial charge in [0.2, 0.25) is 0 Å². The topological polar surface area (TPSA) is 77.4 Å². The van der Waals surface area contributed by atoms with Gasteiger partial charge in [-0.3, -0.25) is 14.7 Å². The van der Waals surface area contributed by atoms with Crippen LogP contribution in [0.3, 0.4) is 0 Å². The Morgan fingerprint density at radius 2 is 1.90 bits per heavy atom. The summed E-state index contributed by atoms with van der Waals surface area (Å²) in [5, 5.41) is 0.708. The summed E-state index contributed by atoms with van der Waals surface area (Å²) in [5.41, 5.74) is 0.768. The van der Waals surface area contributed by atoms with Crippen LogP contribution in [0.1, 0.15) is 47.1 Å². The lowest BCUT2D eigenvalue weighted by Gasteiger charge is -2.20. The number of amidine groups is 1. The minimum absolute atomic E-state index is 0.00720. The van der Waals surface area contributed by atoms with E-state index in [9.17, 15) is 9.59 Å². The van der Waals surface area contributed by atoms with Gasteiger partial charge >= 0.3 is 5.97 Å². The second-order valence-electron chi connectivity index (χ2n) is 7.24. The maximum atomic E-state index is 13.0. The molecule has 7 nitrogen and oxygen atoms in total. The van der Waals surface area contributed by atoms with Crippen molar-refractivity contribution in [1.82, 2.24) is 4.90 Å². The highest BCUT2D eigenvalue weighted by atomic mass is 79.9. The molecule has 0 atom stereocenters. The minimum atomic E-state index is -0.457. The molecule has 0 radical (unpaired) electrons. The molecule has 0 saturated carbocycles. The summed E-state index contributed by atoms with van der Waals surface area (Å²) < 4.78 is 16.9. The largest absolute Gasteiger partial charge is 0.490 e. The molecule has 1 heterocycles. The highest BCUT2D eigenvalue weighted by Gasteiger charge is 2.35. The first-order valence-electron chi connectivity index (χ1n) is 10.2. The Balaban J connectivity index is 2.37. The molecule has 0 aliphatic carbocycles. The molecule has 1 aromatic carbocycles. The molecular weight excluding hydrogens is 484 g/mol. The Bertz CT molecular complexity index is 883. The van der Waals surface area contributed by atoms with Crippen LogP contribution in [-0.2, 0) is 14.3 Å². The Labute approximate surface area is 196 Å². The fraction of sp³-hybridized carbons (Fsp3) is 0.500. The van der Waals surface area contributed by atoms with E-state index >= 15 is 0 Å². The summed E-state index contributed by atoms with van der Waals surface area (Å²) in [6, 6.07) is 3.70. The highest BCUT2D eigenvalue weighted by molar-refractivity contribution is 9.10. The van der Waals surface area contributed by atoms with Crippen LogP contribution < -0.4 is 9.47 Å². The van der Waals surface area contributed by atoms with Crippen LogP contribution in [0, 0.1) is 0 Å². The zero-order valence-corrected chi connectivity index (χ0v) is 21.1. The molecule has 31 heavy (non-hydrogen) atoms. The number of hydrogen-bond acceptors (Lipinski definition) is 7. The number of rotatable bonds is 9. The van der Waals surface area contributed by atoms with Gasteiger partial charge in [-0.2, -0.15) is 0 Å². The molecule has 9 heteroatoms. The van der Waals surface area contributed by atoms with Crippen molar-refractivity contribution in [3.63, 3.8) is 0 Å². The van der Waals surface area contributed by atoms with Crippen molar-refractivity contribution in [3.8, 4) is 11.5 Å². The molecule has 1 aliphatic heterocycles. The number of ether oxygens (including phenoxy) is 3. The van der Waals surface area contributed by atoms with Gasteiger partial charge in [0, 0.05) is 12.1 Å². The number of halogens is 1. The SMILES string of the molecule is CCOC(=O)COc1c(Br)cc(/C=C2/SC(=NC(C)C)N(C(C)C)C2=O)cc1OCC. The first-order chi connectivity index (χ1) is 14.7. The Morgan fingerprint density at radius 1 is 1.19 bits per heavy atom. The summed E-state index contributed by atoms with van der Waals surface area (Å²) in [6.45, 7) is 12.0. The molecule has 170 valence electrons. The number of hydrogen-bond donors (Lipinski definition) is 0. The zero-order chi connectivity index (χ0) is 23.1. The van der Waals surface area contributed by atoms with E-state index in [4.69, 9.17) is 14.2 Å². The summed E-state index contributed by atoms with van der Waals surface area (Å²) in [4.78, 5) is 31.5. The Morgan fingerprint density at radius 3 is 2.48 bits per heavy atom. The lowest BCUT2D eigenvalue weighted by atomic mass is 10.1. The maximum Gasteiger partial charge on any atom is 0.344 e. The smallest absolute Gasteiger partial charge is 0.344 e. The van der Waals surface area contributed by atoms with Gasteiger partial charge in [-0.1, -0.05) is 0 Å². The predicted octanol–water partition coefficient (Wildman–Crippen LogP) is 4.88. The van der Waals surface area contributed by atoms with E-state index in [2.05, 4.69) is 20.9 Å². The molecule has 1 fully saturated rings. The number of nitrogens with zero attached hydrogens (tertiary/aromatic N) is 2. The third kappa shape index (κ3) is 6.74. The van der Waals surface area contributed by atoms with Gasteiger partial charge in [0.05, 0.1) is 22.6 Å². The second-order valence-corrected chi connectivity index (χ2v) is 9.11. The van der Waals surface area contributed by atoms with E-state index in [1.54, 1.807) is 17.9 Å². The lowest BCUT2D eigenvalue weighted by Crippen LogP contribution is -2.35. The first kappa shape index (κ1) is 25.3. The van der Waals surface area contributed by atoms with E-state index in [0.717, 1.165) is 5.56 Å². The van der Waals surface area contributed by atoms with Crippen LogP contribution in [0.15, 0.2) is 26.5 Å². The number of esters is 1. The van der Waals surface area contributed by atoms with Gasteiger partial charge in [0.1, 0.15) is 0 Å². The summed E-state index contributed by atoms with van der Waals surface area (Å²) in [5.74, 6) is 0.353. The molecule has 1 amide bonds. The molecule has 1 saturated heterocycles. The molecule has 0 N–H and O–H groups in total. The number of benzene rings is 1. The number of amides is 1. The number of aliphatic imine (C=N–C) groups is 1. The first-order valence-corrected chi connectivity index (χ1v) is 11.8. The van der Waals surface area contributed by atoms with Crippen molar-refractivity contribution < 1.29 is 23.8 Å². The fourth-order valence-corrected chi connectivity index (χ4v) is 4.62. The van der Waals surface area contributed by atoms with Crippen LogP contribution in [0.5, 0.6) is 11.5 Å². The van der Waals surface area contributed by atoms with Gasteiger partial charge in [0.15, 0.2) is 23.3 Å². The third-order valence-corrected chi connectivity index (χ3v) is 5.58. The van der Waals surface area contributed by atoms with Crippen molar-refractivity contribution in [1.29, 1.82) is 0 Å². The van der Waals surface area contributed by atoms with Crippen LogP contribution in [-0.4, -0.2) is 53.8 Å². The van der Waals surface area contributed by atoms with E-state index in [1.807, 2.05) is 46.8 Å². The molecular formula is C22H29BrN2O5S. The number of carbonyl (C=O) groups is 2. The van der Waals surface area contributed by atoms with E-state index in [1.165, 1.54) is 11.8 Å². The summed E-state index contributed by atoms with van der Waals surface area (Å²) in [7, 11) is 0. The average molecular weight is 513 g/mol. The molecule has 1 aliphatic rings. The lowest BCUT2D eigenvalue weighted by molar-refractivity contribution is -0.145. The quantitative estimate of drug-likeness (QED) is 0.346. The average Bonchev–Trinajstić information content (AvgIpc) is 2.95. The van der Waals surface area contributed by atoms with Crippen LogP contribution in [0.4, 0.5) is 0 Å². The Kier molecular flexibility index (Phi) is 9.43. The van der Waals surface area contributed by atoms with Crippen molar-refractivity contribution in [2.45, 2.75) is 53.6 Å². The van der Waals surface area contributed by atoms with E-state index in [0.29, 0.717) is 32.7 Å². The van der Waals surface area contributed by atoms with Crippen molar-refractivity contribution >= 4 is 50.8 Å². The van der Waals surface area contributed by atoms with Crippen LogP contribution in [0.2, 0.25) is 0 Å². The van der Waals surface area contributed by atoms with Crippen molar-refractivity contribution in [3.05, 3.63) is 27.1 Å². The van der Waals surface area contributed by atoms with Crippen LogP contribution >= 0.6 is 27.7 Å². The van der Waals surface area contributed by atoms with Gasteiger partial charge in [-0.05, 0) is 93.0 Å². The molecule has 0 spiro atoms. The second kappa shape index (κ2) is 11.6. The summed E-state index contributed by atoms with van der Waals surface area (Å²) in [6.07, 6.45) is 1.81. The van der Waals surface area contributed by atoms with Gasteiger partial charge in [-0.25, -0.2) is 4.79 Å². The van der Waals surface area contributed by atoms with Crippen molar-refractivity contribution in [2.24, 2.45) is 4.99 Å².